The lowest BCUT2D eigenvalue weighted by atomic mass is 10.0. The molecule has 0 saturated heterocycles. The normalized spacial score (nSPS) is 13.9. The van der Waals surface area contributed by atoms with E-state index in [9.17, 15) is 14.7 Å². The molecule has 0 aliphatic rings. The summed E-state index contributed by atoms with van der Waals surface area (Å²) in [6.07, 6.45) is 17.9. The largest absolute Gasteiger partial charge is 0.477 e. The SMILES string of the molecule is CCC(NC(=O)CCCCCCCCCCCCCCC(C)C)C(C(=O)O)[N+](C)(C)C. The van der Waals surface area contributed by atoms with Gasteiger partial charge in [0, 0.05) is 6.42 Å². The molecule has 0 heterocycles. The molecule has 5 nitrogen and oxygen atoms in total. The zero-order valence-corrected chi connectivity index (χ0v) is 21.5. The average molecular weight is 442 g/mol. The molecule has 184 valence electrons. The summed E-state index contributed by atoms with van der Waals surface area (Å²) in [5.41, 5.74) is 0. The van der Waals surface area contributed by atoms with Crippen molar-refractivity contribution in [1.82, 2.24) is 5.32 Å². The Morgan fingerprint density at radius 3 is 1.55 bits per heavy atom. The number of unbranched alkanes of at least 4 members (excludes halogenated alkanes) is 11. The summed E-state index contributed by atoms with van der Waals surface area (Å²) >= 11 is 0. The van der Waals surface area contributed by atoms with Crippen LogP contribution in [0.4, 0.5) is 0 Å². The van der Waals surface area contributed by atoms with Crippen LogP contribution in [-0.2, 0) is 9.59 Å². The van der Waals surface area contributed by atoms with E-state index in [1.54, 1.807) is 0 Å². The van der Waals surface area contributed by atoms with Gasteiger partial charge >= 0.3 is 5.97 Å². The third-order valence-corrected chi connectivity index (χ3v) is 6.19. The smallest absolute Gasteiger partial charge is 0.364 e. The highest BCUT2D eigenvalue weighted by Crippen LogP contribution is 2.15. The zero-order chi connectivity index (χ0) is 23.7. The summed E-state index contributed by atoms with van der Waals surface area (Å²) in [5.74, 6) is -0.0227. The molecule has 2 N–H and O–H groups in total. The highest BCUT2D eigenvalue weighted by atomic mass is 16.4. The van der Waals surface area contributed by atoms with Crippen LogP contribution in [0.5, 0.6) is 0 Å². The Bertz CT molecular complexity index is 472. The van der Waals surface area contributed by atoms with Crippen LogP contribution in [0.25, 0.3) is 0 Å². The maximum absolute atomic E-state index is 12.3. The number of carboxylic acids is 1. The first-order chi connectivity index (χ1) is 14.6. The molecule has 2 atom stereocenters. The summed E-state index contributed by atoms with van der Waals surface area (Å²) in [4.78, 5) is 24.0. The fraction of sp³-hybridized carbons (Fsp3) is 0.923. The van der Waals surface area contributed by atoms with Crippen molar-refractivity contribution in [3.8, 4) is 0 Å². The number of aliphatic carboxylic acids is 1. The third kappa shape index (κ3) is 16.2. The van der Waals surface area contributed by atoms with Crippen molar-refractivity contribution in [2.45, 2.75) is 129 Å². The molecule has 0 radical (unpaired) electrons. The molecule has 0 saturated carbocycles. The zero-order valence-electron chi connectivity index (χ0n) is 21.5. The minimum atomic E-state index is -0.856. The predicted octanol–water partition coefficient (Wildman–Crippen LogP) is 6.16. The molecule has 2 unspecified atom stereocenters. The summed E-state index contributed by atoms with van der Waals surface area (Å²) in [7, 11) is 5.59. The molecule has 0 aromatic rings. The van der Waals surface area contributed by atoms with Crippen LogP contribution in [-0.4, -0.2) is 54.7 Å². The van der Waals surface area contributed by atoms with E-state index in [0.717, 1.165) is 18.8 Å². The van der Waals surface area contributed by atoms with Gasteiger partial charge in [-0.15, -0.1) is 0 Å². The summed E-state index contributed by atoms with van der Waals surface area (Å²) in [6, 6.07) is -0.964. The minimum Gasteiger partial charge on any atom is -0.477 e. The van der Waals surface area contributed by atoms with Crippen molar-refractivity contribution >= 4 is 11.9 Å². The number of hydrogen-bond donors (Lipinski definition) is 2. The second kappa shape index (κ2) is 17.5. The number of nitrogens with one attached hydrogen (secondary N) is 1. The second-order valence-electron chi connectivity index (χ2n) is 10.7. The number of carbonyl (C=O) groups excluding carboxylic acids is 1. The van der Waals surface area contributed by atoms with Crippen LogP contribution in [0.1, 0.15) is 117 Å². The van der Waals surface area contributed by atoms with Crippen LogP contribution >= 0.6 is 0 Å². The summed E-state index contributed by atoms with van der Waals surface area (Å²) in [5, 5.41) is 12.5. The molecule has 0 aliphatic carbocycles. The van der Waals surface area contributed by atoms with Gasteiger partial charge in [0.05, 0.1) is 27.2 Å². The van der Waals surface area contributed by atoms with Crippen LogP contribution in [0.3, 0.4) is 0 Å². The monoisotopic (exact) mass is 441 g/mol. The fourth-order valence-corrected chi connectivity index (χ4v) is 4.33. The predicted molar refractivity (Wildman–Crippen MR) is 131 cm³/mol. The van der Waals surface area contributed by atoms with Gasteiger partial charge in [-0.05, 0) is 18.8 Å². The van der Waals surface area contributed by atoms with Crippen molar-refractivity contribution in [2.24, 2.45) is 5.92 Å². The number of hydrogen-bond acceptors (Lipinski definition) is 2. The third-order valence-electron chi connectivity index (χ3n) is 6.19. The van der Waals surface area contributed by atoms with Gasteiger partial charge in [0.25, 0.3) is 0 Å². The van der Waals surface area contributed by atoms with Gasteiger partial charge < -0.3 is 14.9 Å². The average Bonchev–Trinajstić information content (AvgIpc) is 2.65. The molecule has 0 aliphatic heterocycles. The molecule has 0 bridgehead atoms. The quantitative estimate of drug-likeness (QED) is 0.176. The molecule has 0 rings (SSSR count). The Hall–Kier alpha value is -1.10. The van der Waals surface area contributed by atoms with Gasteiger partial charge in [-0.25, -0.2) is 4.79 Å². The number of carboxylic acid groups (broad SMARTS) is 1. The Labute approximate surface area is 192 Å². The van der Waals surface area contributed by atoms with Crippen molar-refractivity contribution < 1.29 is 19.2 Å². The molecule has 31 heavy (non-hydrogen) atoms. The maximum atomic E-state index is 12.3. The summed E-state index contributed by atoms with van der Waals surface area (Å²) in [6.45, 7) is 6.55. The van der Waals surface area contributed by atoms with Crippen molar-refractivity contribution in [1.29, 1.82) is 0 Å². The molecule has 0 spiro atoms. The van der Waals surface area contributed by atoms with Crippen LogP contribution in [0, 0.1) is 5.92 Å². The van der Waals surface area contributed by atoms with Crippen molar-refractivity contribution in [3.63, 3.8) is 0 Å². The van der Waals surface area contributed by atoms with E-state index in [1.165, 1.54) is 70.6 Å². The lowest BCUT2D eigenvalue weighted by Gasteiger charge is -2.36. The topological polar surface area (TPSA) is 66.4 Å². The van der Waals surface area contributed by atoms with E-state index >= 15 is 0 Å². The first-order valence-electron chi connectivity index (χ1n) is 12.9. The highest BCUT2D eigenvalue weighted by molar-refractivity contribution is 5.78. The Morgan fingerprint density at radius 2 is 1.19 bits per heavy atom. The molecule has 0 fully saturated rings. The van der Waals surface area contributed by atoms with E-state index in [-0.39, 0.29) is 11.9 Å². The maximum Gasteiger partial charge on any atom is 0.364 e. The van der Waals surface area contributed by atoms with E-state index < -0.39 is 12.0 Å². The lowest BCUT2D eigenvalue weighted by molar-refractivity contribution is -0.888. The fourth-order valence-electron chi connectivity index (χ4n) is 4.33. The molecular formula is C26H53N2O3+. The van der Waals surface area contributed by atoms with Gasteiger partial charge in [0.15, 0.2) is 0 Å². The number of nitrogens with zero attached hydrogens (tertiary/aromatic N) is 1. The Kier molecular flexibility index (Phi) is 16.8. The second-order valence-corrected chi connectivity index (χ2v) is 10.7. The first kappa shape index (κ1) is 29.9. The number of rotatable bonds is 20. The van der Waals surface area contributed by atoms with Crippen molar-refractivity contribution in [2.75, 3.05) is 21.1 Å². The molecule has 1 amide bonds. The van der Waals surface area contributed by atoms with Gasteiger partial charge in [-0.2, -0.15) is 0 Å². The number of quaternary nitrogens is 1. The summed E-state index contributed by atoms with van der Waals surface area (Å²) < 4.78 is 0.298. The number of amides is 1. The van der Waals surface area contributed by atoms with E-state index in [1.807, 2.05) is 28.1 Å². The van der Waals surface area contributed by atoms with Gasteiger partial charge in [-0.1, -0.05) is 97.8 Å². The van der Waals surface area contributed by atoms with Gasteiger partial charge in [0.2, 0.25) is 11.9 Å². The van der Waals surface area contributed by atoms with Gasteiger partial charge in [-0.3, -0.25) is 4.79 Å². The van der Waals surface area contributed by atoms with Crippen molar-refractivity contribution in [3.05, 3.63) is 0 Å². The molecule has 0 aromatic heterocycles. The van der Waals surface area contributed by atoms with E-state index in [0.29, 0.717) is 17.3 Å². The lowest BCUT2D eigenvalue weighted by Crippen LogP contribution is -2.60. The van der Waals surface area contributed by atoms with Gasteiger partial charge in [0.1, 0.15) is 0 Å². The molecule has 0 aromatic carbocycles. The van der Waals surface area contributed by atoms with E-state index in [4.69, 9.17) is 0 Å². The first-order valence-corrected chi connectivity index (χ1v) is 12.9. The standard InChI is InChI=1S/C26H52N2O3/c1-7-23(25(26(30)31)28(4,5)6)27-24(29)21-19-17-15-13-11-9-8-10-12-14-16-18-20-22(2)3/h22-23,25H,7-21H2,1-6H3,(H-,27,29,30,31)/p+1. The van der Waals surface area contributed by atoms with E-state index in [2.05, 4.69) is 19.2 Å². The molecular weight excluding hydrogens is 388 g/mol. The van der Waals surface area contributed by atoms with Crippen LogP contribution in [0.15, 0.2) is 0 Å². The minimum absolute atomic E-state index is 0.0139. The highest BCUT2D eigenvalue weighted by Gasteiger charge is 2.39. The number of likely N-dealkylation sites (N-methyl/N-ethyl adjacent to an activating group) is 1. The number of carbonyl (C=O) groups is 2. The Morgan fingerprint density at radius 1 is 0.774 bits per heavy atom. The Balaban J connectivity index is 3.72. The van der Waals surface area contributed by atoms with Crippen LogP contribution in [0.2, 0.25) is 0 Å². The molecule has 5 heteroatoms. The van der Waals surface area contributed by atoms with Crippen LogP contribution < -0.4 is 5.32 Å².